The largest absolute Gasteiger partial charge is 0.478 e. The predicted octanol–water partition coefficient (Wildman–Crippen LogP) is 4.16. The third-order valence-corrected chi connectivity index (χ3v) is 4.71. The van der Waals surface area contributed by atoms with Crippen LogP contribution in [0.3, 0.4) is 0 Å². The molecule has 2 aromatic rings. The lowest BCUT2D eigenvalue weighted by molar-refractivity contribution is -0.138. The normalized spacial score (nSPS) is 12.0. The van der Waals surface area contributed by atoms with Crippen molar-refractivity contribution in [2.24, 2.45) is 0 Å². The van der Waals surface area contributed by atoms with Crippen molar-refractivity contribution in [3.05, 3.63) is 53.1 Å². The van der Waals surface area contributed by atoms with E-state index in [1.807, 2.05) is 0 Å². The van der Waals surface area contributed by atoms with Gasteiger partial charge in [0.05, 0.1) is 11.1 Å². The van der Waals surface area contributed by atoms with Gasteiger partial charge in [-0.3, -0.25) is 0 Å². The molecule has 0 heterocycles. The number of hydrogen-bond donors (Lipinski definition) is 1. The zero-order valence-corrected chi connectivity index (χ0v) is 14.6. The molecule has 0 unspecified atom stereocenters. The molecule has 0 aromatic heterocycles. The Hall–Kier alpha value is -2.55. The van der Waals surface area contributed by atoms with Crippen LogP contribution in [-0.2, 0) is 22.4 Å². The number of carboxylic acids is 1. The monoisotopic (exact) mass is 388 g/mol. The third kappa shape index (κ3) is 4.16. The SMILES string of the molecule is CCc1cc(Oc2ccccc2C(F)(F)F)c(S(C)(=O)=O)cc1C(=O)O. The van der Waals surface area contributed by atoms with Gasteiger partial charge in [0.2, 0.25) is 0 Å². The van der Waals surface area contributed by atoms with Gasteiger partial charge >= 0.3 is 12.1 Å². The van der Waals surface area contributed by atoms with Gasteiger partial charge in [0.15, 0.2) is 9.84 Å². The average molecular weight is 388 g/mol. The highest BCUT2D eigenvalue weighted by Crippen LogP contribution is 2.40. The lowest BCUT2D eigenvalue weighted by atomic mass is 10.0. The first-order valence-electron chi connectivity index (χ1n) is 7.39. The zero-order valence-electron chi connectivity index (χ0n) is 13.8. The lowest BCUT2D eigenvalue weighted by Gasteiger charge is -2.17. The van der Waals surface area contributed by atoms with Gasteiger partial charge in [0.1, 0.15) is 16.4 Å². The Morgan fingerprint density at radius 2 is 1.77 bits per heavy atom. The van der Waals surface area contributed by atoms with Crippen LogP contribution >= 0.6 is 0 Å². The first-order valence-corrected chi connectivity index (χ1v) is 9.28. The summed E-state index contributed by atoms with van der Waals surface area (Å²) in [5.74, 6) is -2.27. The Kier molecular flexibility index (Phi) is 5.31. The van der Waals surface area contributed by atoms with Crippen LogP contribution in [0.4, 0.5) is 13.2 Å². The van der Waals surface area contributed by atoms with Crippen molar-refractivity contribution < 1.29 is 36.2 Å². The fourth-order valence-corrected chi connectivity index (χ4v) is 3.17. The van der Waals surface area contributed by atoms with Gasteiger partial charge in [-0.25, -0.2) is 13.2 Å². The van der Waals surface area contributed by atoms with E-state index >= 15 is 0 Å². The van der Waals surface area contributed by atoms with Crippen LogP contribution in [0.5, 0.6) is 11.5 Å². The summed E-state index contributed by atoms with van der Waals surface area (Å²) in [7, 11) is -3.95. The number of para-hydroxylation sites is 1. The summed E-state index contributed by atoms with van der Waals surface area (Å²) >= 11 is 0. The number of rotatable bonds is 5. The van der Waals surface area contributed by atoms with Crippen molar-refractivity contribution in [3.63, 3.8) is 0 Å². The third-order valence-electron chi connectivity index (χ3n) is 3.59. The highest BCUT2D eigenvalue weighted by atomic mass is 32.2. The summed E-state index contributed by atoms with van der Waals surface area (Å²) in [6.07, 6.45) is -3.65. The van der Waals surface area contributed by atoms with Crippen LogP contribution in [0.25, 0.3) is 0 Å². The van der Waals surface area contributed by atoms with E-state index in [4.69, 9.17) is 4.74 Å². The highest BCUT2D eigenvalue weighted by Gasteiger charge is 2.34. The van der Waals surface area contributed by atoms with E-state index in [1.165, 1.54) is 12.1 Å². The molecule has 0 saturated carbocycles. The molecule has 1 N–H and O–H groups in total. The van der Waals surface area contributed by atoms with Gasteiger partial charge < -0.3 is 9.84 Å². The maximum Gasteiger partial charge on any atom is 0.419 e. The summed E-state index contributed by atoms with van der Waals surface area (Å²) in [5.41, 5.74) is -1.08. The van der Waals surface area contributed by atoms with E-state index in [-0.39, 0.29) is 23.3 Å². The summed E-state index contributed by atoms with van der Waals surface area (Å²) in [6.45, 7) is 1.63. The fraction of sp³-hybridized carbons (Fsp3) is 0.235. The molecular weight excluding hydrogens is 373 g/mol. The minimum atomic E-state index is -4.70. The van der Waals surface area contributed by atoms with Crippen molar-refractivity contribution in [2.45, 2.75) is 24.4 Å². The topological polar surface area (TPSA) is 80.7 Å². The van der Waals surface area contributed by atoms with Crippen LogP contribution in [0.15, 0.2) is 41.3 Å². The van der Waals surface area contributed by atoms with Crippen molar-refractivity contribution in [3.8, 4) is 11.5 Å². The summed E-state index contributed by atoms with van der Waals surface area (Å²) < 4.78 is 68.7. The molecule has 0 aliphatic heterocycles. The number of hydrogen-bond acceptors (Lipinski definition) is 4. The first kappa shape index (κ1) is 19.8. The molecule has 0 aliphatic carbocycles. The van der Waals surface area contributed by atoms with Crippen molar-refractivity contribution in [1.29, 1.82) is 0 Å². The number of carboxylic acid groups (broad SMARTS) is 1. The zero-order chi connectivity index (χ0) is 19.7. The van der Waals surface area contributed by atoms with E-state index < -0.39 is 38.2 Å². The molecule has 2 aromatic carbocycles. The molecule has 5 nitrogen and oxygen atoms in total. The smallest absolute Gasteiger partial charge is 0.419 e. The molecule has 0 saturated heterocycles. The molecular formula is C17H15F3O5S. The Morgan fingerprint density at radius 1 is 1.15 bits per heavy atom. The van der Waals surface area contributed by atoms with Crippen LogP contribution < -0.4 is 4.74 Å². The fourth-order valence-electron chi connectivity index (χ4n) is 2.37. The van der Waals surface area contributed by atoms with Gasteiger partial charge in [0, 0.05) is 6.26 Å². The number of aryl methyl sites for hydroxylation is 1. The average Bonchev–Trinajstić information content (AvgIpc) is 2.52. The second-order valence-corrected chi connectivity index (χ2v) is 7.47. The lowest BCUT2D eigenvalue weighted by Crippen LogP contribution is -2.10. The Labute approximate surface area is 148 Å². The Balaban J connectivity index is 2.69. The summed E-state index contributed by atoms with van der Waals surface area (Å²) in [4.78, 5) is 10.8. The molecule has 9 heteroatoms. The quantitative estimate of drug-likeness (QED) is 0.832. The molecule has 0 atom stereocenters. The minimum Gasteiger partial charge on any atom is -0.478 e. The van der Waals surface area contributed by atoms with E-state index in [1.54, 1.807) is 6.92 Å². The second-order valence-electron chi connectivity index (χ2n) is 5.48. The van der Waals surface area contributed by atoms with E-state index in [9.17, 15) is 31.5 Å². The van der Waals surface area contributed by atoms with Crippen LogP contribution in [0.2, 0.25) is 0 Å². The number of ether oxygens (including phenoxy) is 1. The van der Waals surface area contributed by atoms with E-state index in [0.29, 0.717) is 0 Å². The molecule has 2 rings (SSSR count). The number of benzene rings is 2. The number of carbonyl (C=O) groups is 1. The highest BCUT2D eigenvalue weighted by molar-refractivity contribution is 7.90. The molecule has 0 amide bonds. The molecule has 0 radical (unpaired) electrons. The molecule has 26 heavy (non-hydrogen) atoms. The van der Waals surface area contributed by atoms with Gasteiger partial charge in [0.25, 0.3) is 0 Å². The standard InChI is InChI=1S/C17H15F3O5S/c1-3-10-8-14(15(26(2,23)24)9-11(10)16(21)22)25-13-7-5-4-6-12(13)17(18,19)20/h4-9H,3H2,1-2H3,(H,21,22). The molecule has 0 aliphatic rings. The van der Waals surface area contributed by atoms with Gasteiger partial charge in [-0.1, -0.05) is 19.1 Å². The second kappa shape index (κ2) is 6.99. The number of aromatic carboxylic acids is 1. The number of alkyl halides is 3. The van der Waals surface area contributed by atoms with Crippen molar-refractivity contribution in [1.82, 2.24) is 0 Å². The van der Waals surface area contributed by atoms with Crippen LogP contribution in [0.1, 0.15) is 28.4 Å². The Bertz CT molecular complexity index is 949. The van der Waals surface area contributed by atoms with Gasteiger partial charge in [-0.05, 0) is 36.2 Å². The van der Waals surface area contributed by atoms with E-state index in [0.717, 1.165) is 30.5 Å². The van der Waals surface area contributed by atoms with Crippen molar-refractivity contribution >= 4 is 15.8 Å². The molecule has 0 spiro atoms. The maximum absolute atomic E-state index is 13.1. The van der Waals surface area contributed by atoms with E-state index in [2.05, 4.69) is 0 Å². The maximum atomic E-state index is 13.1. The first-order chi connectivity index (χ1) is 11.9. The van der Waals surface area contributed by atoms with Crippen LogP contribution in [0, 0.1) is 0 Å². The Morgan fingerprint density at radius 3 is 2.27 bits per heavy atom. The van der Waals surface area contributed by atoms with Gasteiger partial charge in [-0.15, -0.1) is 0 Å². The molecule has 0 fully saturated rings. The van der Waals surface area contributed by atoms with Gasteiger partial charge in [-0.2, -0.15) is 13.2 Å². The van der Waals surface area contributed by atoms with Crippen LogP contribution in [-0.4, -0.2) is 25.7 Å². The number of halogens is 3. The summed E-state index contributed by atoms with van der Waals surface area (Å²) in [5, 5.41) is 9.23. The molecule has 0 bridgehead atoms. The molecule has 140 valence electrons. The summed E-state index contributed by atoms with van der Waals surface area (Å²) in [6, 6.07) is 6.41. The van der Waals surface area contributed by atoms with Crippen molar-refractivity contribution in [2.75, 3.05) is 6.26 Å². The minimum absolute atomic E-state index is 0.225. The predicted molar refractivity (Wildman–Crippen MR) is 87.4 cm³/mol. The number of sulfone groups is 1.